The first-order valence-corrected chi connectivity index (χ1v) is 6.07. The number of nitrogen functional groups attached to an aromatic ring is 1. The number of rotatable bonds is 6. The van der Waals surface area contributed by atoms with Gasteiger partial charge in [0, 0.05) is 12.5 Å². The van der Waals surface area contributed by atoms with Crippen molar-refractivity contribution < 1.29 is 0 Å². The molecule has 0 unspecified atom stereocenters. The number of hydrogen-bond acceptors (Lipinski definition) is 2. The maximum atomic E-state index is 6.12. The van der Waals surface area contributed by atoms with Gasteiger partial charge in [0.05, 0.1) is 5.69 Å². The zero-order valence-electron chi connectivity index (χ0n) is 10.7. The first kappa shape index (κ1) is 12.8. The SMILES string of the molecule is C=CCn1c(C(C)C)nc(CCCC)c1N. The van der Waals surface area contributed by atoms with E-state index in [4.69, 9.17) is 5.73 Å². The van der Waals surface area contributed by atoms with Crippen molar-refractivity contribution in [2.45, 2.75) is 52.5 Å². The number of anilines is 1. The summed E-state index contributed by atoms with van der Waals surface area (Å²) in [6, 6.07) is 0. The van der Waals surface area contributed by atoms with Crippen LogP contribution in [0.4, 0.5) is 5.82 Å². The number of unbranched alkanes of at least 4 members (excludes halogenated alkanes) is 1. The smallest absolute Gasteiger partial charge is 0.127 e. The molecule has 16 heavy (non-hydrogen) atoms. The Bertz CT molecular complexity index is 350. The minimum absolute atomic E-state index is 0.401. The number of imidazole rings is 1. The van der Waals surface area contributed by atoms with Crippen molar-refractivity contribution >= 4 is 5.82 Å². The Hall–Kier alpha value is -1.25. The monoisotopic (exact) mass is 221 g/mol. The van der Waals surface area contributed by atoms with Gasteiger partial charge in [-0.15, -0.1) is 6.58 Å². The van der Waals surface area contributed by atoms with Crippen molar-refractivity contribution in [3.05, 3.63) is 24.2 Å². The highest BCUT2D eigenvalue weighted by Gasteiger charge is 2.15. The van der Waals surface area contributed by atoms with Crippen LogP contribution in [-0.4, -0.2) is 9.55 Å². The van der Waals surface area contributed by atoms with Crippen molar-refractivity contribution in [1.82, 2.24) is 9.55 Å². The summed E-state index contributed by atoms with van der Waals surface area (Å²) < 4.78 is 2.07. The lowest BCUT2D eigenvalue weighted by atomic mass is 10.2. The summed E-state index contributed by atoms with van der Waals surface area (Å²) >= 11 is 0. The largest absolute Gasteiger partial charge is 0.384 e. The Kier molecular flexibility index (Phi) is 4.59. The van der Waals surface area contributed by atoms with E-state index in [1.165, 1.54) is 6.42 Å². The molecule has 0 aliphatic carbocycles. The fourth-order valence-electron chi connectivity index (χ4n) is 1.83. The number of allylic oxidation sites excluding steroid dienone is 1. The summed E-state index contributed by atoms with van der Waals surface area (Å²) in [6.45, 7) is 11.0. The molecule has 0 saturated heterocycles. The molecule has 0 fully saturated rings. The van der Waals surface area contributed by atoms with E-state index in [9.17, 15) is 0 Å². The fourth-order valence-corrected chi connectivity index (χ4v) is 1.83. The second-order valence-corrected chi connectivity index (χ2v) is 4.46. The minimum Gasteiger partial charge on any atom is -0.384 e. The molecule has 0 aromatic carbocycles. The van der Waals surface area contributed by atoms with Crippen LogP contribution in [-0.2, 0) is 13.0 Å². The summed E-state index contributed by atoms with van der Waals surface area (Å²) in [5.74, 6) is 2.29. The maximum Gasteiger partial charge on any atom is 0.127 e. The van der Waals surface area contributed by atoms with Gasteiger partial charge >= 0.3 is 0 Å². The van der Waals surface area contributed by atoms with Crippen LogP contribution in [0.5, 0.6) is 0 Å². The molecule has 1 aromatic heterocycles. The van der Waals surface area contributed by atoms with Gasteiger partial charge in [-0.25, -0.2) is 4.98 Å². The molecule has 3 heteroatoms. The molecule has 1 aromatic rings. The van der Waals surface area contributed by atoms with Crippen LogP contribution in [0.25, 0.3) is 0 Å². The highest BCUT2D eigenvalue weighted by molar-refractivity contribution is 5.39. The zero-order valence-corrected chi connectivity index (χ0v) is 10.7. The molecule has 90 valence electrons. The second-order valence-electron chi connectivity index (χ2n) is 4.46. The van der Waals surface area contributed by atoms with Crippen LogP contribution in [0.1, 0.15) is 51.0 Å². The summed E-state index contributed by atoms with van der Waals surface area (Å²) in [4.78, 5) is 4.66. The lowest BCUT2D eigenvalue weighted by molar-refractivity contribution is 0.683. The van der Waals surface area contributed by atoms with Crippen molar-refractivity contribution in [3.63, 3.8) is 0 Å². The van der Waals surface area contributed by atoms with Crippen LogP contribution >= 0.6 is 0 Å². The third-order valence-corrected chi connectivity index (χ3v) is 2.71. The summed E-state index contributed by atoms with van der Waals surface area (Å²) in [6.07, 6.45) is 5.16. The van der Waals surface area contributed by atoms with E-state index in [1.807, 2.05) is 6.08 Å². The van der Waals surface area contributed by atoms with Gasteiger partial charge in [0.15, 0.2) is 0 Å². The number of hydrogen-bond donors (Lipinski definition) is 1. The fraction of sp³-hybridized carbons (Fsp3) is 0.615. The van der Waals surface area contributed by atoms with Crippen molar-refractivity contribution in [2.24, 2.45) is 0 Å². The summed E-state index contributed by atoms with van der Waals surface area (Å²) in [5, 5.41) is 0. The number of nitrogens with zero attached hydrogens (tertiary/aromatic N) is 2. The Morgan fingerprint density at radius 2 is 2.19 bits per heavy atom. The minimum atomic E-state index is 0.401. The van der Waals surface area contributed by atoms with Gasteiger partial charge in [0.2, 0.25) is 0 Å². The molecule has 1 rings (SSSR count). The first-order valence-electron chi connectivity index (χ1n) is 6.07. The lowest BCUT2D eigenvalue weighted by Crippen LogP contribution is -2.07. The van der Waals surface area contributed by atoms with Crippen LogP contribution in [0.2, 0.25) is 0 Å². The normalized spacial score (nSPS) is 11.0. The van der Waals surface area contributed by atoms with Gasteiger partial charge in [0.1, 0.15) is 11.6 Å². The predicted molar refractivity (Wildman–Crippen MR) is 69.5 cm³/mol. The molecule has 0 bridgehead atoms. The molecule has 0 radical (unpaired) electrons. The van der Waals surface area contributed by atoms with E-state index in [-0.39, 0.29) is 0 Å². The van der Waals surface area contributed by atoms with Crippen LogP contribution < -0.4 is 5.73 Å². The van der Waals surface area contributed by atoms with Gasteiger partial charge in [-0.2, -0.15) is 0 Å². The van der Waals surface area contributed by atoms with Gasteiger partial charge in [-0.3, -0.25) is 0 Å². The molecule has 0 aliphatic heterocycles. The Morgan fingerprint density at radius 3 is 2.69 bits per heavy atom. The van der Waals surface area contributed by atoms with Crippen molar-refractivity contribution in [2.75, 3.05) is 5.73 Å². The number of nitrogens with two attached hydrogens (primary N) is 1. The van der Waals surface area contributed by atoms with E-state index >= 15 is 0 Å². The second kappa shape index (κ2) is 5.73. The molecule has 2 N–H and O–H groups in total. The highest BCUT2D eigenvalue weighted by atomic mass is 15.1. The van der Waals surface area contributed by atoms with Crippen LogP contribution in [0, 0.1) is 0 Å². The van der Waals surface area contributed by atoms with E-state index in [0.717, 1.165) is 36.7 Å². The maximum absolute atomic E-state index is 6.12. The third kappa shape index (κ3) is 2.65. The molecule has 0 aliphatic rings. The summed E-state index contributed by atoms with van der Waals surface area (Å²) in [7, 11) is 0. The van der Waals surface area contributed by atoms with Crippen LogP contribution in [0.3, 0.4) is 0 Å². The molecule has 3 nitrogen and oxygen atoms in total. The average Bonchev–Trinajstić information content (AvgIpc) is 2.55. The molecule has 1 heterocycles. The van der Waals surface area contributed by atoms with Crippen molar-refractivity contribution in [3.8, 4) is 0 Å². The molecule has 0 spiro atoms. The Labute approximate surface area is 98.4 Å². The topological polar surface area (TPSA) is 43.8 Å². The number of aromatic nitrogens is 2. The Morgan fingerprint density at radius 1 is 1.50 bits per heavy atom. The van der Waals surface area contributed by atoms with Gasteiger partial charge in [0.25, 0.3) is 0 Å². The van der Waals surface area contributed by atoms with E-state index in [1.54, 1.807) is 0 Å². The Balaban J connectivity index is 3.03. The summed E-state index contributed by atoms with van der Waals surface area (Å²) in [5.41, 5.74) is 7.17. The highest BCUT2D eigenvalue weighted by Crippen LogP contribution is 2.22. The molecule has 0 saturated carbocycles. The van der Waals surface area contributed by atoms with Gasteiger partial charge in [-0.1, -0.05) is 33.3 Å². The number of aryl methyl sites for hydroxylation is 1. The molecular weight excluding hydrogens is 198 g/mol. The quantitative estimate of drug-likeness (QED) is 0.750. The van der Waals surface area contributed by atoms with E-state index < -0.39 is 0 Å². The van der Waals surface area contributed by atoms with E-state index in [2.05, 4.69) is 36.9 Å². The zero-order chi connectivity index (χ0) is 12.1. The van der Waals surface area contributed by atoms with Gasteiger partial charge in [-0.05, 0) is 12.8 Å². The van der Waals surface area contributed by atoms with E-state index in [0.29, 0.717) is 5.92 Å². The molecule has 0 atom stereocenters. The third-order valence-electron chi connectivity index (χ3n) is 2.71. The molecule has 0 amide bonds. The van der Waals surface area contributed by atoms with Crippen LogP contribution in [0.15, 0.2) is 12.7 Å². The predicted octanol–water partition coefficient (Wildman–Crippen LogP) is 3.12. The van der Waals surface area contributed by atoms with Gasteiger partial charge < -0.3 is 10.3 Å². The average molecular weight is 221 g/mol. The lowest BCUT2D eigenvalue weighted by Gasteiger charge is -2.09. The molecular formula is C13H23N3. The standard InChI is InChI=1S/C13H23N3/c1-5-7-8-11-12(14)16(9-6-2)13(15-11)10(3)4/h6,10H,2,5,7-9,14H2,1,3-4H3. The van der Waals surface area contributed by atoms with Crippen molar-refractivity contribution in [1.29, 1.82) is 0 Å². The first-order chi connectivity index (χ1) is 7.61.